The van der Waals surface area contributed by atoms with Crippen molar-refractivity contribution in [2.75, 3.05) is 0 Å². The van der Waals surface area contributed by atoms with Crippen LogP contribution < -0.4 is 58.7 Å². The Morgan fingerprint density at radius 3 is 0.308 bits per heavy atom. The van der Waals surface area contributed by atoms with Gasteiger partial charge in [-0.1, -0.05) is 0 Å². The predicted molar refractivity (Wildman–Crippen MR) is 30.4 cm³/mol. The Labute approximate surface area is 239 Å². The van der Waals surface area contributed by atoms with Crippen molar-refractivity contribution in [2.45, 2.75) is 0 Å². The van der Waals surface area contributed by atoms with Crippen molar-refractivity contribution in [3.05, 3.63) is 0 Å². The molecule has 26 heavy (non-hydrogen) atoms. The summed E-state index contributed by atoms with van der Waals surface area (Å²) < 4.78 is 34.2. The predicted octanol–water partition coefficient (Wildman–Crippen LogP) is -11.3. The molecule has 0 rings (SSSR count). The summed E-state index contributed by atoms with van der Waals surface area (Å²) >= 11 is 0. The van der Waals surface area contributed by atoms with Crippen LogP contribution in [0.3, 0.4) is 0 Å². The zero-order chi connectivity index (χ0) is 18.0. The summed E-state index contributed by atoms with van der Waals surface area (Å²) in [5.74, 6) is 0. The molecule has 0 aromatic heterocycles. The fourth-order valence-electron chi connectivity index (χ4n) is 0. The van der Waals surface area contributed by atoms with Crippen molar-refractivity contribution in [2.24, 2.45) is 0 Å². The Hall–Kier alpha value is 4.84. The van der Waals surface area contributed by atoms with Gasteiger partial charge in [-0.2, -0.15) is 31.3 Å². The molecule has 26 heteroatoms. The van der Waals surface area contributed by atoms with Crippen molar-refractivity contribution in [1.82, 2.24) is 0 Å². The van der Waals surface area contributed by atoms with Crippen molar-refractivity contribution in [3.63, 3.8) is 0 Å². The van der Waals surface area contributed by atoms with E-state index < -0.39 is 31.3 Å². The van der Waals surface area contributed by atoms with Gasteiger partial charge in [0.05, 0.1) is 0 Å². The van der Waals surface area contributed by atoms with Gasteiger partial charge in [0.25, 0.3) is 0 Å². The second-order valence-electron chi connectivity index (χ2n) is 1.79. The van der Waals surface area contributed by atoms with Gasteiger partial charge in [0.1, 0.15) is 0 Å². The second kappa shape index (κ2) is 29.8. The molecule has 0 aromatic rings. The maximum atomic E-state index is 8.55. The van der Waals surface area contributed by atoms with Crippen LogP contribution in [0.2, 0.25) is 0 Å². The molecule has 0 atom stereocenters. The summed E-state index contributed by atoms with van der Waals surface area (Å²) in [5.41, 5.74) is 0. The van der Waals surface area contributed by atoms with Gasteiger partial charge in [0.2, 0.25) is 0 Å². The van der Waals surface area contributed by atoms with Crippen LogP contribution in [0.4, 0.5) is 0 Å². The van der Waals surface area contributed by atoms with E-state index in [1.54, 1.807) is 0 Å². The summed E-state index contributed by atoms with van der Waals surface area (Å²) in [4.78, 5) is 103. The normalized spacial score (nSPS) is 9.08. The molecule has 0 aliphatic carbocycles. The minimum atomic E-state index is -5.39. The topological polar surface area (TPSA) is 345 Å². The van der Waals surface area contributed by atoms with Crippen molar-refractivity contribution in [1.29, 1.82) is 0 Å². The van der Waals surface area contributed by atoms with Crippen LogP contribution in [-0.2, 0) is 153 Å². The molecule has 0 amide bonds. The van der Waals surface area contributed by atoms with E-state index in [9.17, 15) is 0 Å². The van der Waals surface area contributed by atoms with E-state index in [2.05, 4.69) is 0 Å². The summed E-state index contributed by atoms with van der Waals surface area (Å²) in [6.07, 6.45) is 0. The fourth-order valence-corrected chi connectivity index (χ4v) is 0. The van der Waals surface area contributed by atoms with E-state index >= 15 is 0 Å². The third-order valence-electron chi connectivity index (χ3n) is 0. The quantitative estimate of drug-likeness (QED) is 0.205. The van der Waals surface area contributed by atoms with Crippen LogP contribution in [0.15, 0.2) is 0 Å². The molecule has 0 aromatic carbocycles. The molecule has 0 heterocycles. The van der Waals surface area contributed by atoms with Crippen LogP contribution in [0.1, 0.15) is 0 Å². The molecule has 0 aliphatic heterocycles. The molecular weight excluding hydrogens is 806 g/mol. The third-order valence-corrected chi connectivity index (χ3v) is 0. The fraction of sp³-hybridized carbons (Fsp3) is 0. The Morgan fingerprint density at radius 1 is 0.308 bits per heavy atom. The van der Waals surface area contributed by atoms with Gasteiger partial charge in [0, 0.05) is 55.7 Å². The monoisotopic (exact) mass is 802 g/mol. The van der Waals surface area contributed by atoms with Gasteiger partial charge in [-0.05, 0) is 0 Å². The minimum Gasteiger partial charge on any atom is -0.822 e. The minimum absolute atomic E-state index is 0. The van der Waals surface area contributed by atoms with E-state index in [0.29, 0.717) is 0 Å². The van der Waals surface area contributed by atoms with E-state index in [1.807, 2.05) is 0 Å². The molecule has 143 valence electrons. The Kier molecular flexibility index (Phi) is 72.6. The van der Waals surface area contributed by atoms with Crippen LogP contribution >= 0.6 is 31.3 Å². The zero-order valence-electron chi connectivity index (χ0n) is 11.2. The van der Waals surface area contributed by atoms with Crippen LogP contribution in [-0.4, -0.2) is 0 Å². The molecule has 0 aliphatic rings. The molecule has 0 saturated carbocycles. The zero-order valence-corrected chi connectivity index (χ0v) is 26.3. The van der Waals surface area contributed by atoms with Crippen molar-refractivity contribution in [3.8, 4) is 0 Å². The SMILES string of the molecule is O=P([O-])([O-])[O-].O=P([O-])([O-])[O-].O=P([O-])([O-])[O-].O=P([O-])([O-])[O-].[V].[V].[V].[Zr+4].[Zr+4].[Zr+4]. The third kappa shape index (κ3) is 953. The molecule has 16 nitrogen and oxygen atoms in total. The van der Waals surface area contributed by atoms with E-state index in [1.165, 1.54) is 0 Å². The van der Waals surface area contributed by atoms with E-state index in [4.69, 9.17) is 77.0 Å². The number of hydrogen-bond acceptors (Lipinski definition) is 16. The number of rotatable bonds is 0. The first kappa shape index (κ1) is 63.2. The number of hydrogen-bond donors (Lipinski definition) is 0. The maximum absolute atomic E-state index is 8.55. The average Bonchev–Trinajstić information content (AvgIpc) is 1.62. The average molecular weight is 806 g/mol. The van der Waals surface area contributed by atoms with Gasteiger partial charge >= 0.3 is 78.6 Å². The smallest absolute Gasteiger partial charge is 0.822 e. The summed E-state index contributed by atoms with van der Waals surface area (Å²) in [7, 11) is -21.6. The van der Waals surface area contributed by atoms with Gasteiger partial charge < -0.3 is 77.0 Å². The molecule has 0 saturated heterocycles. The molecule has 0 N–H and O–H groups in total. The first-order valence-electron chi connectivity index (χ1n) is 2.92. The van der Waals surface area contributed by atoms with Gasteiger partial charge in [-0.25, -0.2) is 0 Å². The van der Waals surface area contributed by atoms with Gasteiger partial charge in [-0.15, -0.1) is 0 Å². The Morgan fingerprint density at radius 2 is 0.308 bits per heavy atom. The first-order valence-corrected chi connectivity index (χ1v) is 8.76. The molecule has 0 spiro atoms. The van der Waals surface area contributed by atoms with Gasteiger partial charge in [0.15, 0.2) is 0 Å². The Balaban J connectivity index is -0.0000000152. The standard InChI is InChI=1S/4H3O4P.3V.3Zr/c4*1-5(2,3)4;;;;;;/h4*(H3,1,2,3,4);;;;;;/q;;;;;;;3*+4/p-12. The Bertz CT molecular complexity index is 305. The summed E-state index contributed by atoms with van der Waals surface area (Å²) in [5, 5.41) is 0. The summed E-state index contributed by atoms with van der Waals surface area (Å²) in [6, 6.07) is 0. The van der Waals surface area contributed by atoms with Crippen LogP contribution in [0.25, 0.3) is 0 Å². The first-order chi connectivity index (χ1) is 8.00. The molecule has 0 unspecified atom stereocenters. The van der Waals surface area contributed by atoms with Crippen molar-refractivity contribution < 1.29 is 211 Å². The maximum Gasteiger partial charge on any atom is 4.00 e. The number of phosphoric acid groups is 4. The van der Waals surface area contributed by atoms with Gasteiger partial charge in [-0.3, -0.25) is 0 Å². The molecule has 0 bridgehead atoms. The van der Waals surface area contributed by atoms with Crippen LogP contribution in [0.5, 0.6) is 0 Å². The van der Waals surface area contributed by atoms with E-state index in [0.717, 1.165) is 0 Å². The molecular formula is O16P4V3Zr3. The van der Waals surface area contributed by atoms with Crippen LogP contribution in [0, 0.1) is 0 Å². The van der Waals surface area contributed by atoms with Crippen molar-refractivity contribution >= 4 is 31.3 Å². The molecule has 0 fully saturated rings. The molecule has 3 radical (unpaired) electrons. The summed E-state index contributed by atoms with van der Waals surface area (Å²) in [6.45, 7) is 0. The second-order valence-corrected chi connectivity index (χ2v) is 5.37. The van der Waals surface area contributed by atoms with E-state index in [-0.39, 0.29) is 134 Å². The largest absolute Gasteiger partial charge is 4.00 e.